The summed E-state index contributed by atoms with van der Waals surface area (Å²) in [6, 6.07) is 0. The van der Waals surface area contributed by atoms with E-state index in [2.05, 4.69) is 10.2 Å². The molecule has 0 aliphatic rings. The normalized spacial score (nSPS) is 9.64. The van der Waals surface area contributed by atoms with Crippen LogP contribution in [0.15, 0.2) is 0 Å². The van der Waals surface area contributed by atoms with E-state index in [1.165, 1.54) is 5.48 Å². The highest BCUT2D eigenvalue weighted by Crippen LogP contribution is 2.11. The fourth-order valence-corrected chi connectivity index (χ4v) is 0.664. The summed E-state index contributed by atoms with van der Waals surface area (Å²) in [5.74, 6) is -0.716. The van der Waals surface area contributed by atoms with Gasteiger partial charge in [0.2, 0.25) is 0 Å². The molecule has 1 heterocycles. The number of hydroxylamine groups is 1. The summed E-state index contributed by atoms with van der Waals surface area (Å²) in [7, 11) is 0. The molecular weight excluding hydrogens is 148 g/mol. The lowest BCUT2D eigenvalue weighted by molar-refractivity contribution is 0.0701. The van der Waals surface area contributed by atoms with Gasteiger partial charge in [0.05, 0.1) is 11.4 Å². The van der Waals surface area contributed by atoms with E-state index >= 15 is 0 Å². The minimum Gasteiger partial charge on any atom is -0.395 e. The first-order valence-corrected chi connectivity index (χ1v) is 2.91. The zero-order chi connectivity index (χ0) is 8.43. The predicted molar refractivity (Wildman–Crippen MR) is 37.0 cm³/mol. The Hall–Kier alpha value is -1.56. The molecule has 6 nitrogen and oxygen atoms in total. The van der Waals surface area contributed by atoms with Gasteiger partial charge in [0.25, 0.3) is 5.91 Å². The van der Waals surface area contributed by atoms with Crippen LogP contribution in [0, 0.1) is 6.92 Å². The fourth-order valence-electron chi connectivity index (χ4n) is 0.664. The Morgan fingerprint density at radius 2 is 2.45 bits per heavy atom. The Labute approximate surface area is 62.4 Å². The maximum atomic E-state index is 10.7. The second-order valence-electron chi connectivity index (χ2n) is 2.05. The summed E-state index contributed by atoms with van der Waals surface area (Å²) in [5, 5.41) is 14.3. The molecule has 0 aliphatic carbocycles. The molecule has 0 unspecified atom stereocenters. The molecule has 0 saturated heterocycles. The quantitative estimate of drug-likeness (QED) is 0.322. The third-order valence-electron chi connectivity index (χ3n) is 1.31. The Bertz CT molecular complexity index is 280. The van der Waals surface area contributed by atoms with Crippen LogP contribution in [0.4, 0.5) is 5.69 Å². The summed E-state index contributed by atoms with van der Waals surface area (Å²) in [6.07, 6.45) is 0. The number of anilines is 1. The van der Waals surface area contributed by atoms with Gasteiger partial charge in [-0.05, 0) is 6.92 Å². The lowest BCUT2D eigenvalue weighted by atomic mass is 10.3. The van der Waals surface area contributed by atoms with Gasteiger partial charge in [-0.25, -0.2) is 5.48 Å². The number of aromatic amines is 1. The van der Waals surface area contributed by atoms with Crippen LogP contribution in [-0.4, -0.2) is 21.3 Å². The van der Waals surface area contributed by atoms with Crippen LogP contribution in [0.25, 0.3) is 0 Å². The Morgan fingerprint density at radius 1 is 1.82 bits per heavy atom. The van der Waals surface area contributed by atoms with Gasteiger partial charge in [-0.2, -0.15) is 5.10 Å². The van der Waals surface area contributed by atoms with Crippen molar-refractivity contribution in [1.82, 2.24) is 15.7 Å². The average molecular weight is 156 g/mol. The third-order valence-corrected chi connectivity index (χ3v) is 1.31. The Kier molecular flexibility index (Phi) is 1.77. The lowest BCUT2D eigenvalue weighted by Crippen LogP contribution is -2.20. The molecule has 1 aromatic rings. The van der Waals surface area contributed by atoms with Crippen molar-refractivity contribution in [3.63, 3.8) is 0 Å². The zero-order valence-corrected chi connectivity index (χ0v) is 5.88. The number of carbonyl (C=O) groups excluding carboxylic acids is 1. The van der Waals surface area contributed by atoms with E-state index in [4.69, 9.17) is 10.9 Å². The number of nitrogen functional groups attached to an aromatic ring is 1. The molecule has 0 spiro atoms. The first-order valence-electron chi connectivity index (χ1n) is 2.91. The minimum atomic E-state index is -0.716. The first kappa shape index (κ1) is 7.55. The number of amides is 1. The summed E-state index contributed by atoms with van der Waals surface area (Å²) in [5.41, 5.74) is 7.70. The van der Waals surface area contributed by atoms with Gasteiger partial charge >= 0.3 is 0 Å². The molecule has 0 aromatic carbocycles. The number of hydrogen-bond acceptors (Lipinski definition) is 4. The summed E-state index contributed by atoms with van der Waals surface area (Å²) in [4.78, 5) is 10.7. The second-order valence-corrected chi connectivity index (χ2v) is 2.05. The molecule has 0 aliphatic heterocycles. The van der Waals surface area contributed by atoms with Crippen molar-refractivity contribution in [2.75, 3.05) is 5.73 Å². The van der Waals surface area contributed by atoms with E-state index in [1.54, 1.807) is 6.92 Å². The van der Waals surface area contributed by atoms with Gasteiger partial charge in [-0.15, -0.1) is 0 Å². The molecule has 0 saturated carbocycles. The van der Waals surface area contributed by atoms with E-state index < -0.39 is 5.91 Å². The monoisotopic (exact) mass is 156 g/mol. The smallest absolute Gasteiger partial charge is 0.297 e. The molecule has 11 heavy (non-hydrogen) atoms. The first-order chi connectivity index (χ1) is 5.16. The van der Waals surface area contributed by atoms with Crippen molar-refractivity contribution in [3.8, 4) is 0 Å². The predicted octanol–water partition coefficient (Wildman–Crippen LogP) is -0.581. The van der Waals surface area contributed by atoms with Crippen LogP contribution < -0.4 is 11.2 Å². The minimum absolute atomic E-state index is 0.00463. The second kappa shape index (κ2) is 2.59. The van der Waals surface area contributed by atoms with Gasteiger partial charge in [-0.3, -0.25) is 15.1 Å². The number of H-pyrrole nitrogens is 1. The van der Waals surface area contributed by atoms with Crippen LogP contribution in [0.5, 0.6) is 0 Å². The van der Waals surface area contributed by atoms with E-state index in [0.717, 1.165) is 0 Å². The summed E-state index contributed by atoms with van der Waals surface area (Å²) < 4.78 is 0. The standard InChI is InChI=1S/C5H8N4O2/c1-2-3(6)4(8-7-2)5(10)9-11/h11H,6H2,1H3,(H,7,8)(H,9,10). The van der Waals surface area contributed by atoms with E-state index in [1.807, 2.05) is 0 Å². The van der Waals surface area contributed by atoms with E-state index in [-0.39, 0.29) is 11.4 Å². The molecular formula is C5H8N4O2. The number of carbonyl (C=O) groups is 1. The highest BCUT2D eigenvalue weighted by atomic mass is 16.5. The Morgan fingerprint density at radius 3 is 2.82 bits per heavy atom. The molecule has 60 valence electrons. The molecule has 1 aromatic heterocycles. The van der Waals surface area contributed by atoms with Crippen molar-refractivity contribution < 1.29 is 10.0 Å². The molecule has 1 rings (SSSR count). The summed E-state index contributed by atoms with van der Waals surface area (Å²) >= 11 is 0. The zero-order valence-electron chi connectivity index (χ0n) is 5.88. The highest BCUT2D eigenvalue weighted by molar-refractivity contribution is 5.96. The van der Waals surface area contributed by atoms with Crippen molar-refractivity contribution in [3.05, 3.63) is 11.4 Å². The number of nitrogens with one attached hydrogen (secondary N) is 2. The number of rotatable bonds is 1. The van der Waals surface area contributed by atoms with Gasteiger partial charge in [0.1, 0.15) is 0 Å². The molecule has 6 heteroatoms. The van der Waals surface area contributed by atoms with Crippen LogP contribution >= 0.6 is 0 Å². The average Bonchev–Trinajstić information content (AvgIpc) is 2.32. The molecule has 5 N–H and O–H groups in total. The topological polar surface area (TPSA) is 104 Å². The van der Waals surface area contributed by atoms with Gasteiger partial charge in [-0.1, -0.05) is 0 Å². The van der Waals surface area contributed by atoms with Crippen LogP contribution in [0.3, 0.4) is 0 Å². The molecule has 0 bridgehead atoms. The number of aromatic nitrogens is 2. The number of nitrogens with two attached hydrogens (primary N) is 1. The lowest BCUT2D eigenvalue weighted by Gasteiger charge is -1.93. The van der Waals surface area contributed by atoms with E-state index in [9.17, 15) is 4.79 Å². The maximum Gasteiger partial charge on any atom is 0.297 e. The number of nitrogens with zero attached hydrogens (tertiary/aromatic N) is 1. The van der Waals surface area contributed by atoms with Gasteiger partial charge in [0.15, 0.2) is 5.69 Å². The van der Waals surface area contributed by atoms with Crippen LogP contribution in [-0.2, 0) is 0 Å². The SMILES string of the molecule is Cc1[nH]nc(C(=O)NO)c1N. The number of hydrogen-bond donors (Lipinski definition) is 4. The third kappa shape index (κ3) is 1.15. The van der Waals surface area contributed by atoms with Gasteiger partial charge < -0.3 is 5.73 Å². The van der Waals surface area contributed by atoms with E-state index in [0.29, 0.717) is 5.69 Å². The number of aryl methyl sites for hydroxylation is 1. The van der Waals surface area contributed by atoms with Crippen LogP contribution in [0.1, 0.15) is 16.2 Å². The maximum absolute atomic E-state index is 10.7. The summed E-state index contributed by atoms with van der Waals surface area (Å²) in [6.45, 7) is 1.68. The van der Waals surface area contributed by atoms with Crippen molar-refractivity contribution >= 4 is 11.6 Å². The van der Waals surface area contributed by atoms with Gasteiger partial charge in [0, 0.05) is 0 Å². The van der Waals surface area contributed by atoms with Crippen molar-refractivity contribution in [2.24, 2.45) is 0 Å². The molecule has 0 fully saturated rings. The highest BCUT2D eigenvalue weighted by Gasteiger charge is 2.13. The fraction of sp³-hybridized carbons (Fsp3) is 0.200. The molecule has 0 radical (unpaired) electrons. The largest absolute Gasteiger partial charge is 0.395 e. The molecule has 1 amide bonds. The van der Waals surface area contributed by atoms with Crippen molar-refractivity contribution in [2.45, 2.75) is 6.92 Å². The molecule has 0 atom stereocenters. The van der Waals surface area contributed by atoms with Crippen molar-refractivity contribution in [1.29, 1.82) is 0 Å². The van der Waals surface area contributed by atoms with Crippen LogP contribution in [0.2, 0.25) is 0 Å². The Balaban J connectivity index is 3.04.